The minimum Gasteiger partial charge on any atom is -0.497 e. The Kier molecular flexibility index (Phi) is 4.29. The Balaban J connectivity index is 2.21. The average Bonchev–Trinajstić information content (AvgIpc) is 2.67. The molecule has 1 aromatic rings. The molecular weight excluding hydrogens is 270 g/mol. The number of methoxy groups -OCH3 is 1. The van der Waals surface area contributed by atoms with Gasteiger partial charge in [-0.15, -0.1) is 0 Å². The van der Waals surface area contributed by atoms with Crippen molar-refractivity contribution in [1.82, 2.24) is 0 Å². The molecule has 1 atom stereocenters. The van der Waals surface area contributed by atoms with Crippen LogP contribution in [0.1, 0.15) is 6.92 Å². The Hall–Kier alpha value is -1.72. The maximum absolute atomic E-state index is 11.4. The molecule has 0 radical (unpaired) electrons. The van der Waals surface area contributed by atoms with Crippen molar-refractivity contribution in [3.63, 3.8) is 0 Å². The van der Waals surface area contributed by atoms with Crippen molar-refractivity contribution in [3.8, 4) is 5.75 Å². The second-order valence-electron chi connectivity index (χ2n) is 3.78. The first kappa shape index (κ1) is 13.7. The van der Waals surface area contributed by atoms with Crippen molar-refractivity contribution in [1.29, 1.82) is 0 Å². The number of hydrogen-bond acceptors (Lipinski definition) is 5. The molecule has 0 amide bonds. The van der Waals surface area contributed by atoms with Crippen LogP contribution in [0.15, 0.2) is 35.0 Å². The monoisotopic (exact) mass is 283 g/mol. The van der Waals surface area contributed by atoms with Crippen LogP contribution in [0.4, 0.5) is 5.69 Å². The lowest BCUT2D eigenvalue weighted by Crippen LogP contribution is -2.20. The van der Waals surface area contributed by atoms with E-state index in [0.717, 1.165) is 5.69 Å². The van der Waals surface area contributed by atoms with E-state index in [4.69, 9.17) is 25.8 Å². The molecule has 0 unspecified atom stereocenters. The number of anilines is 1. The van der Waals surface area contributed by atoms with Gasteiger partial charge in [0.2, 0.25) is 6.29 Å². The highest BCUT2D eigenvalue weighted by molar-refractivity contribution is 6.42. The van der Waals surface area contributed by atoms with Gasteiger partial charge >= 0.3 is 5.97 Å². The summed E-state index contributed by atoms with van der Waals surface area (Å²) in [4.78, 5) is 11.4. The van der Waals surface area contributed by atoms with E-state index in [1.165, 1.54) is 0 Å². The van der Waals surface area contributed by atoms with Crippen LogP contribution in [0, 0.1) is 0 Å². The molecule has 0 fully saturated rings. The fourth-order valence-corrected chi connectivity index (χ4v) is 1.84. The molecule has 0 saturated heterocycles. The van der Waals surface area contributed by atoms with E-state index < -0.39 is 12.3 Å². The molecule has 1 aliphatic rings. The van der Waals surface area contributed by atoms with E-state index in [1.807, 2.05) is 25.1 Å². The van der Waals surface area contributed by atoms with Gasteiger partial charge < -0.3 is 19.5 Å². The molecule has 102 valence electrons. The van der Waals surface area contributed by atoms with Gasteiger partial charge in [0.25, 0.3) is 0 Å². The predicted octanol–water partition coefficient (Wildman–Crippen LogP) is 2.48. The molecule has 1 aromatic carbocycles. The van der Waals surface area contributed by atoms with Crippen LogP contribution in [-0.2, 0) is 14.3 Å². The fraction of sp³-hybridized carbons (Fsp3) is 0.308. The number of esters is 1. The van der Waals surface area contributed by atoms with Gasteiger partial charge in [0.1, 0.15) is 11.4 Å². The van der Waals surface area contributed by atoms with Gasteiger partial charge in [0, 0.05) is 18.4 Å². The maximum Gasteiger partial charge on any atom is 0.354 e. The van der Waals surface area contributed by atoms with Crippen molar-refractivity contribution in [2.45, 2.75) is 13.2 Å². The van der Waals surface area contributed by atoms with Gasteiger partial charge in [-0.05, 0) is 19.1 Å². The minimum absolute atomic E-state index is 0.00118. The summed E-state index contributed by atoms with van der Waals surface area (Å²) in [5, 5.41) is 3.03. The van der Waals surface area contributed by atoms with Crippen LogP contribution in [0.25, 0.3) is 0 Å². The zero-order valence-electron chi connectivity index (χ0n) is 10.6. The Morgan fingerprint density at radius 1 is 1.47 bits per heavy atom. The zero-order chi connectivity index (χ0) is 13.8. The number of ether oxygens (including phenoxy) is 3. The summed E-state index contributed by atoms with van der Waals surface area (Å²) in [6, 6.07) is 7.24. The van der Waals surface area contributed by atoms with E-state index in [1.54, 1.807) is 13.2 Å². The third kappa shape index (κ3) is 3.00. The topological polar surface area (TPSA) is 56.8 Å². The SMILES string of the molecule is CCO[C@@H]1OC(=O)C(Cl)=C1Nc1cccc(OC)c1. The third-order valence-corrected chi connectivity index (χ3v) is 2.89. The van der Waals surface area contributed by atoms with Crippen molar-refractivity contribution in [2.24, 2.45) is 0 Å². The lowest BCUT2D eigenvalue weighted by molar-refractivity contribution is -0.158. The molecule has 0 spiro atoms. The summed E-state index contributed by atoms with van der Waals surface area (Å²) in [6.07, 6.45) is -0.795. The maximum atomic E-state index is 11.4. The molecule has 0 bridgehead atoms. The number of benzene rings is 1. The van der Waals surface area contributed by atoms with E-state index in [2.05, 4.69) is 5.32 Å². The molecule has 5 nitrogen and oxygen atoms in total. The molecule has 1 N–H and O–H groups in total. The first-order chi connectivity index (χ1) is 9.15. The lowest BCUT2D eigenvalue weighted by atomic mass is 10.3. The van der Waals surface area contributed by atoms with Crippen molar-refractivity contribution >= 4 is 23.3 Å². The summed E-state index contributed by atoms with van der Waals surface area (Å²) in [5.74, 6) is 0.102. The van der Waals surface area contributed by atoms with Crippen LogP contribution in [-0.4, -0.2) is 26.0 Å². The Morgan fingerprint density at radius 3 is 2.95 bits per heavy atom. The highest BCUT2D eigenvalue weighted by Crippen LogP contribution is 2.28. The van der Waals surface area contributed by atoms with Crippen LogP contribution in [0.5, 0.6) is 5.75 Å². The van der Waals surface area contributed by atoms with Gasteiger partial charge in [0.05, 0.1) is 7.11 Å². The van der Waals surface area contributed by atoms with E-state index in [9.17, 15) is 4.79 Å². The second-order valence-corrected chi connectivity index (χ2v) is 4.16. The van der Waals surface area contributed by atoms with Gasteiger partial charge in [0.15, 0.2) is 5.03 Å². The number of halogens is 1. The largest absolute Gasteiger partial charge is 0.497 e. The van der Waals surface area contributed by atoms with E-state index in [-0.39, 0.29) is 5.03 Å². The minimum atomic E-state index is -0.795. The number of carbonyl (C=O) groups is 1. The number of rotatable bonds is 5. The summed E-state index contributed by atoms with van der Waals surface area (Å²) >= 11 is 5.91. The second kappa shape index (κ2) is 5.95. The van der Waals surface area contributed by atoms with Gasteiger partial charge in [-0.3, -0.25) is 0 Å². The Labute approximate surface area is 116 Å². The molecule has 0 aliphatic carbocycles. The highest BCUT2D eigenvalue weighted by Gasteiger charge is 2.34. The van der Waals surface area contributed by atoms with Gasteiger partial charge in [-0.1, -0.05) is 17.7 Å². The van der Waals surface area contributed by atoms with Crippen LogP contribution < -0.4 is 10.1 Å². The van der Waals surface area contributed by atoms with Crippen LogP contribution in [0.3, 0.4) is 0 Å². The molecule has 6 heteroatoms. The van der Waals surface area contributed by atoms with Crippen LogP contribution in [0.2, 0.25) is 0 Å². The first-order valence-electron chi connectivity index (χ1n) is 5.79. The van der Waals surface area contributed by atoms with Gasteiger partial charge in [-0.25, -0.2) is 4.79 Å². The molecule has 0 aromatic heterocycles. The number of cyclic esters (lactones) is 1. The highest BCUT2D eigenvalue weighted by atomic mass is 35.5. The average molecular weight is 284 g/mol. The Bertz CT molecular complexity index is 515. The van der Waals surface area contributed by atoms with Gasteiger partial charge in [-0.2, -0.15) is 0 Å². The van der Waals surface area contributed by atoms with Crippen LogP contribution >= 0.6 is 11.6 Å². The smallest absolute Gasteiger partial charge is 0.354 e. The summed E-state index contributed by atoms with van der Waals surface area (Å²) < 4.78 is 15.4. The molecule has 2 rings (SSSR count). The molecule has 1 heterocycles. The first-order valence-corrected chi connectivity index (χ1v) is 6.16. The zero-order valence-corrected chi connectivity index (χ0v) is 11.4. The third-order valence-electron chi connectivity index (χ3n) is 2.53. The summed E-state index contributed by atoms with van der Waals surface area (Å²) in [7, 11) is 1.58. The van der Waals surface area contributed by atoms with Crippen molar-refractivity contribution in [2.75, 3.05) is 19.0 Å². The molecular formula is C13H14ClNO4. The summed E-state index contributed by atoms with van der Waals surface area (Å²) in [6.45, 7) is 2.22. The predicted molar refractivity (Wildman–Crippen MR) is 71.0 cm³/mol. The van der Waals surface area contributed by atoms with E-state index >= 15 is 0 Å². The number of carbonyl (C=O) groups excluding carboxylic acids is 1. The Morgan fingerprint density at radius 2 is 2.26 bits per heavy atom. The normalized spacial score (nSPS) is 18.5. The van der Waals surface area contributed by atoms with Crippen molar-refractivity contribution in [3.05, 3.63) is 35.0 Å². The number of hydrogen-bond donors (Lipinski definition) is 1. The molecule has 0 saturated carbocycles. The summed E-state index contributed by atoms with van der Waals surface area (Å²) in [5.41, 5.74) is 1.14. The standard InChI is InChI=1S/C13H14ClNO4/c1-3-18-13-11(10(14)12(16)19-13)15-8-5-4-6-9(7-8)17-2/h4-7,13,15H,3H2,1-2H3/t13-/m1/s1. The quantitative estimate of drug-likeness (QED) is 0.841. The fourth-order valence-electron chi connectivity index (χ4n) is 1.66. The van der Waals surface area contributed by atoms with Crippen molar-refractivity contribution < 1.29 is 19.0 Å². The lowest BCUT2D eigenvalue weighted by Gasteiger charge is -2.15. The number of nitrogens with one attached hydrogen (secondary N) is 1. The molecule has 19 heavy (non-hydrogen) atoms. The molecule has 1 aliphatic heterocycles. The van der Waals surface area contributed by atoms with E-state index in [0.29, 0.717) is 18.1 Å².